The molecular weight excluding hydrogens is 340 g/mol. The van der Waals surface area contributed by atoms with Gasteiger partial charge in [-0.25, -0.2) is 4.79 Å². The maximum Gasteiger partial charge on any atom is 0.328 e. The third-order valence-electron chi connectivity index (χ3n) is 2.41. The molecule has 0 fully saturated rings. The smallest absolute Gasteiger partial charge is 0.328 e. The van der Waals surface area contributed by atoms with Gasteiger partial charge in [0.1, 0.15) is 17.1 Å². The Morgan fingerprint density at radius 2 is 1.30 bits per heavy atom. The highest BCUT2D eigenvalue weighted by atomic mass is 28.4. The SMILES string of the molecule is C[Si](C)(C)OC(=O)c1cc(O[Si](C)(C)C)ccc1O[Si](C)(C)C. The molecule has 0 saturated heterocycles. The van der Waals surface area contributed by atoms with Crippen molar-refractivity contribution in [1.29, 1.82) is 0 Å². The van der Waals surface area contributed by atoms with E-state index in [0.29, 0.717) is 17.1 Å². The highest BCUT2D eigenvalue weighted by Crippen LogP contribution is 2.29. The minimum atomic E-state index is -1.97. The lowest BCUT2D eigenvalue weighted by atomic mass is 10.2. The molecule has 0 N–H and O–H groups in total. The fourth-order valence-corrected chi connectivity index (χ4v) is 4.18. The van der Waals surface area contributed by atoms with Gasteiger partial charge in [0.15, 0.2) is 0 Å². The summed E-state index contributed by atoms with van der Waals surface area (Å²) >= 11 is 0. The molecule has 1 rings (SSSR count). The molecule has 23 heavy (non-hydrogen) atoms. The second-order valence-electron chi connectivity index (χ2n) is 8.59. The van der Waals surface area contributed by atoms with Gasteiger partial charge in [0.2, 0.25) is 25.0 Å². The fraction of sp³-hybridized carbons (Fsp3) is 0.562. The van der Waals surface area contributed by atoms with E-state index in [0.717, 1.165) is 0 Å². The molecular formula is C16H30O4Si3. The van der Waals surface area contributed by atoms with Crippen LogP contribution in [0.2, 0.25) is 58.9 Å². The zero-order valence-corrected chi connectivity index (χ0v) is 18.9. The van der Waals surface area contributed by atoms with Gasteiger partial charge in [-0.15, -0.1) is 0 Å². The summed E-state index contributed by atoms with van der Waals surface area (Å²) in [5.74, 6) is 0.975. The number of hydrogen-bond donors (Lipinski definition) is 0. The summed E-state index contributed by atoms with van der Waals surface area (Å²) in [5, 5.41) is 0. The van der Waals surface area contributed by atoms with Crippen molar-refractivity contribution in [2.24, 2.45) is 0 Å². The van der Waals surface area contributed by atoms with Crippen LogP contribution in [0.4, 0.5) is 0 Å². The third kappa shape index (κ3) is 7.85. The molecule has 0 aliphatic rings. The summed E-state index contributed by atoms with van der Waals surface area (Å²) in [6.45, 7) is 18.6. The first-order valence-corrected chi connectivity index (χ1v) is 18.1. The van der Waals surface area contributed by atoms with E-state index in [1.54, 1.807) is 6.07 Å². The molecule has 4 nitrogen and oxygen atoms in total. The minimum absolute atomic E-state index is 0.321. The molecule has 0 bridgehead atoms. The van der Waals surface area contributed by atoms with Gasteiger partial charge in [0.05, 0.1) is 0 Å². The molecule has 0 saturated carbocycles. The van der Waals surface area contributed by atoms with Gasteiger partial charge in [0, 0.05) is 0 Å². The van der Waals surface area contributed by atoms with Crippen molar-refractivity contribution in [1.82, 2.24) is 0 Å². The molecule has 0 unspecified atom stereocenters. The molecule has 1 aromatic carbocycles. The quantitative estimate of drug-likeness (QED) is 0.653. The van der Waals surface area contributed by atoms with Crippen LogP contribution in [0.3, 0.4) is 0 Å². The first-order chi connectivity index (χ1) is 10.2. The lowest BCUT2D eigenvalue weighted by Gasteiger charge is -2.25. The molecule has 130 valence electrons. The van der Waals surface area contributed by atoms with Gasteiger partial charge in [0.25, 0.3) is 0 Å². The predicted octanol–water partition coefficient (Wildman–Crippen LogP) is 5.11. The van der Waals surface area contributed by atoms with Gasteiger partial charge >= 0.3 is 5.97 Å². The topological polar surface area (TPSA) is 44.8 Å². The van der Waals surface area contributed by atoms with Crippen molar-refractivity contribution in [3.8, 4) is 11.5 Å². The predicted molar refractivity (Wildman–Crippen MR) is 103 cm³/mol. The van der Waals surface area contributed by atoms with Crippen LogP contribution in [0.1, 0.15) is 10.4 Å². The number of carbonyl (C=O) groups excluding carboxylic acids is 1. The molecule has 1 aromatic rings. The van der Waals surface area contributed by atoms with E-state index in [1.807, 2.05) is 31.8 Å². The Morgan fingerprint density at radius 1 is 0.783 bits per heavy atom. The van der Waals surface area contributed by atoms with E-state index >= 15 is 0 Å². The van der Waals surface area contributed by atoms with Crippen LogP contribution < -0.4 is 8.85 Å². The summed E-state index contributed by atoms with van der Waals surface area (Å²) in [6.07, 6.45) is 0. The van der Waals surface area contributed by atoms with Crippen molar-refractivity contribution in [2.45, 2.75) is 58.9 Å². The summed E-state index contributed by atoms with van der Waals surface area (Å²) in [4.78, 5) is 12.6. The number of carbonyl (C=O) groups is 1. The lowest BCUT2D eigenvalue weighted by molar-refractivity contribution is 0.0722. The van der Waals surface area contributed by atoms with Crippen LogP contribution in [0.5, 0.6) is 11.5 Å². The monoisotopic (exact) mass is 370 g/mol. The average molecular weight is 371 g/mol. The van der Waals surface area contributed by atoms with E-state index < -0.39 is 25.0 Å². The normalized spacial score (nSPS) is 12.7. The van der Waals surface area contributed by atoms with Crippen LogP contribution in [-0.2, 0) is 4.43 Å². The standard InChI is InChI=1S/C16H30O4Si3/c1-21(2,3)18-13-10-11-15(19-22(4,5)6)14(12-13)16(17)20-23(7,8)9/h10-12H,1-9H3. The summed E-state index contributed by atoms with van der Waals surface area (Å²) < 4.78 is 17.7. The van der Waals surface area contributed by atoms with E-state index in [1.165, 1.54) is 0 Å². The Balaban J connectivity index is 3.23. The second kappa shape index (κ2) is 6.82. The van der Waals surface area contributed by atoms with Gasteiger partial charge in [-0.2, -0.15) is 0 Å². The maximum atomic E-state index is 12.6. The van der Waals surface area contributed by atoms with Crippen LogP contribution in [-0.4, -0.2) is 30.9 Å². The second-order valence-corrected chi connectivity index (χ2v) is 21.9. The molecule has 0 aromatic heterocycles. The highest BCUT2D eigenvalue weighted by molar-refractivity contribution is 6.72. The van der Waals surface area contributed by atoms with E-state index in [4.69, 9.17) is 13.3 Å². The molecule has 7 heteroatoms. The third-order valence-corrected chi connectivity index (χ3v) is 4.89. The number of hydrogen-bond acceptors (Lipinski definition) is 4. The zero-order valence-electron chi connectivity index (χ0n) is 15.9. The van der Waals surface area contributed by atoms with Gasteiger partial charge < -0.3 is 13.3 Å². The summed E-state index contributed by atoms with van der Waals surface area (Å²) in [6, 6.07) is 5.46. The van der Waals surface area contributed by atoms with Crippen LogP contribution in [0.25, 0.3) is 0 Å². The number of rotatable bonds is 6. The van der Waals surface area contributed by atoms with Crippen LogP contribution in [0, 0.1) is 0 Å². The Morgan fingerprint density at radius 3 is 1.74 bits per heavy atom. The van der Waals surface area contributed by atoms with Crippen molar-refractivity contribution >= 4 is 30.9 Å². The fourth-order valence-electron chi connectivity index (χ4n) is 1.84. The first kappa shape index (κ1) is 20.0. The van der Waals surface area contributed by atoms with Crippen LogP contribution in [0.15, 0.2) is 18.2 Å². The molecule has 0 aliphatic heterocycles. The minimum Gasteiger partial charge on any atom is -0.544 e. The Bertz CT molecular complexity index is 566. The molecule has 0 heterocycles. The molecule has 0 atom stereocenters. The maximum absolute atomic E-state index is 12.6. The van der Waals surface area contributed by atoms with E-state index in [2.05, 4.69) is 39.3 Å². The van der Waals surface area contributed by atoms with Crippen molar-refractivity contribution in [3.63, 3.8) is 0 Å². The first-order valence-electron chi connectivity index (χ1n) is 7.92. The molecule has 0 aliphatic carbocycles. The average Bonchev–Trinajstić information content (AvgIpc) is 2.24. The van der Waals surface area contributed by atoms with Gasteiger partial charge in [-0.3, -0.25) is 0 Å². The molecule has 0 amide bonds. The highest BCUT2D eigenvalue weighted by Gasteiger charge is 2.27. The number of benzene rings is 1. The van der Waals surface area contributed by atoms with E-state index in [-0.39, 0.29) is 5.97 Å². The van der Waals surface area contributed by atoms with Gasteiger partial charge in [-0.1, -0.05) is 0 Å². The molecule has 0 spiro atoms. The van der Waals surface area contributed by atoms with Crippen LogP contribution >= 0.6 is 0 Å². The Hall–Kier alpha value is -1.06. The summed E-state index contributed by atoms with van der Waals surface area (Å²) in [7, 11) is -5.54. The Labute approximate surface area is 143 Å². The van der Waals surface area contributed by atoms with Crippen molar-refractivity contribution in [3.05, 3.63) is 23.8 Å². The lowest BCUT2D eigenvalue weighted by Crippen LogP contribution is -2.33. The summed E-state index contributed by atoms with van der Waals surface area (Å²) in [5.41, 5.74) is 0.464. The van der Waals surface area contributed by atoms with E-state index in [9.17, 15) is 4.79 Å². The van der Waals surface area contributed by atoms with Gasteiger partial charge in [-0.05, 0) is 77.1 Å². The largest absolute Gasteiger partial charge is 0.544 e. The zero-order chi connectivity index (χ0) is 18.1. The molecule has 0 radical (unpaired) electrons. The van der Waals surface area contributed by atoms with Crippen molar-refractivity contribution < 1.29 is 18.1 Å². The van der Waals surface area contributed by atoms with Crippen molar-refractivity contribution in [2.75, 3.05) is 0 Å². The Kier molecular flexibility index (Phi) is 5.93.